The molecule has 0 atom stereocenters. The van der Waals surface area contributed by atoms with E-state index in [1.165, 1.54) is 12.1 Å². The minimum Gasteiger partial charge on any atom is -0.452 e. The van der Waals surface area contributed by atoms with Crippen LogP contribution in [0.5, 0.6) is 0 Å². The first kappa shape index (κ1) is 20.6. The largest absolute Gasteiger partial charge is 0.452 e. The smallest absolute Gasteiger partial charge is 0.338 e. The van der Waals surface area contributed by atoms with Crippen LogP contribution in [0.3, 0.4) is 0 Å². The molecule has 0 aliphatic heterocycles. The van der Waals surface area contributed by atoms with Gasteiger partial charge in [0.25, 0.3) is 5.91 Å². The molecule has 0 aliphatic carbocycles. The highest BCUT2D eigenvalue weighted by atomic mass is 32.2. The summed E-state index contributed by atoms with van der Waals surface area (Å²) in [5.41, 5.74) is 1.86. The van der Waals surface area contributed by atoms with Gasteiger partial charge in [-0.2, -0.15) is 0 Å². The zero-order valence-corrected chi connectivity index (χ0v) is 16.2. The summed E-state index contributed by atoms with van der Waals surface area (Å²) in [6.07, 6.45) is 1.15. The Balaban J connectivity index is 1.90. The third kappa shape index (κ3) is 6.86. The molecule has 6 nitrogen and oxygen atoms in total. The molecule has 0 heterocycles. The lowest BCUT2D eigenvalue weighted by molar-refractivity contribution is -0.134. The average Bonchev–Trinajstić information content (AvgIpc) is 2.64. The van der Waals surface area contributed by atoms with Gasteiger partial charge < -0.3 is 9.64 Å². The molecule has 0 spiro atoms. The molecule has 7 heteroatoms. The van der Waals surface area contributed by atoms with Crippen LogP contribution in [0.2, 0.25) is 0 Å². The predicted molar refractivity (Wildman–Crippen MR) is 103 cm³/mol. The number of rotatable bonds is 8. The number of hydrogen-bond donors (Lipinski definition) is 0. The number of carbonyl (C=O) groups excluding carboxylic acids is 2. The van der Waals surface area contributed by atoms with E-state index in [1.807, 2.05) is 37.3 Å². The van der Waals surface area contributed by atoms with Gasteiger partial charge in [-0.05, 0) is 30.2 Å². The first-order valence-corrected chi connectivity index (χ1v) is 10.6. The number of likely N-dealkylation sites (N-methyl/N-ethyl adjacent to an activating group) is 1. The molecule has 0 aliphatic rings. The van der Waals surface area contributed by atoms with Crippen molar-refractivity contribution >= 4 is 21.7 Å². The van der Waals surface area contributed by atoms with Gasteiger partial charge in [-0.15, -0.1) is 0 Å². The molecule has 0 saturated carbocycles. The minimum atomic E-state index is -3.14. The van der Waals surface area contributed by atoms with Crippen LogP contribution in [0.15, 0.2) is 54.6 Å². The second-order valence-electron chi connectivity index (χ2n) is 6.24. The summed E-state index contributed by atoms with van der Waals surface area (Å²) in [4.78, 5) is 26.0. The van der Waals surface area contributed by atoms with Crippen LogP contribution >= 0.6 is 0 Å². The van der Waals surface area contributed by atoms with Crippen LogP contribution in [0.1, 0.15) is 28.4 Å². The fourth-order valence-corrected chi connectivity index (χ4v) is 3.32. The van der Waals surface area contributed by atoms with Gasteiger partial charge in [-0.25, -0.2) is 13.2 Å². The van der Waals surface area contributed by atoms with Crippen LogP contribution in [-0.2, 0) is 31.7 Å². The van der Waals surface area contributed by atoms with E-state index in [4.69, 9.17) is 4.74 Å². The van der Waals surface area contributed by atoms with Crippen LogP contribution in [0, 0.1) is 0 Å². The topological polar surface area (TPSA) is 80.8 Å². The minimum absolute atomic E-state index is 0.0915. The van der Waals surface area contributed by atoms with Gasteiger partial charge in [0.15, 0.2) is 16.4 Å². The second-order valence-corrected chi connectivity index (χ2v) is 8.38. The molecular formula is C20H23NO5S. The number of sulfone groups is 1. The Morgan fingerprint density at radius 2 is 1.59 bits per heavy atom. The van der Waals surface area contributed by atoms with E-state index in [-0.39, 0.29) is 23.8 Å². The van der Waals surface area contributed by atoms with Crippen molar-refractivity contribution < 1.29 is 22.7 Å². The number of benzene rings is 2. The Labute approximate surface area is 159 Å². The number of amides is 1. The summed E-state index contributed by atoms with van der Waals surface area (Å²) in [5.74, 6) is -0.986. The number of ether oxygens (including phenoxy) is 1. The molecule has 0 fully saturated rings. The van der Waals surface area contributed by atoms with Crippen molar-refractivity contribution in [3.8, 4) is 0 Å². The van der Waals surface area contributed by atoms with E-state index in [0.29, 0.717) is 18.7 Å². The highest BCUT2D eigenvalue weighted by Crippen LogP contribution is 2.10. The fraction of sp³-hybridized carbons (Fsp3) is 0.300. The number of nitrogens with zero attached hydrogens (tertiary/aromatic N) is 1. The first-order chi connectivity index (χ1) is 12.8. The Bertz CT molecular complexity index is 876. The zero-order valence-electron chi connectivity index (χ0n) is 15.4. The van der Waals surface area contributed by atoms with Gasteiger partial charge in [0.05, 0.1) is 11.3 Å². The second kappa shape index (κ2) is 9.32. The van der Waals surface area contributed by atoms with Crippen molar-refractivity contribution in [2.24, 2.45) is 0 Å². The summed E-state index contributed by atoms with van der Waals surface area (Å²) in [6, 6.07) is 15.7. The molecule has 0 N–H and O–H groups in total. The Hall–Kier alpha value is -2.67. The van der Waals surface area contributed by atoms with Crippen LogP contribution in [0.4, 0.5) is 0 Å². The Morgan fingerprint density at radius 1 is 0.963 bits per heavy atom. The van der Waals surface area contributed by atoms with Gasteiger partial charge in [0.2, 0.25) is 0 Å². The molecule has 0 saturated heterocycles. The van der Waals surface area contributed by atoms with Gasteiger partial charge in [-0.1, -0.05) is 42.5 Å². The van der Waals surface area contributed by atoms with Crippen molar-refractivity contribution in [1.82, 2.24) is 4.90 Å². The summed E-state index contributed by atoms with van der Waals surface area (Å²) in [5, 5.41) is 0. The molecule has 0 aromatic heterocycles. The van der Waals surface area contributed by atoms with E-state index in [9.17, 15) is 18.0 Å². The molecule has 0 bridgehead atoms. The van der Waals surface area contributed by atoms with Gasteiger partial charge in [0.1, 0.15) is 0 Å². The lowest BCUT2D eigenvalue weighted by Crippen LogP contribution is -2.34. The van der Waals surface area contributed by atoms with Crippen LogP contribution < -0.4 is 0 Å². The Kier molecular flexibility index (Phi) is 7.12. The predicted octanol–water partition coefficient (Wildman–Crippen LogP) is 2.44. The maximum atomic E-state index is 12.3. The van der Waals surface area contributed by atoms with Crippen LogP contribution in [-0.4, -0.2) is 44.6 Å². The van der Waals surface area contributed by atoms with Crippen molar-refractivity contribution in [1.29, 1.82) is 0 Å². The fourth-order valence-electron chi connectivity index (χ4n) is 2.52. The maximum Gasteiger partial charge on any atom is 0.338 e. The molecule has 0 unspecified atom stereocenters. The maximum absolute atomic E-state index is 12.3. The highest BCUT2D eigenvalue weighted by molar-refractivity contribution is 7.89. The van der Waals surface area contributed by atoms with Crippen molar-refractivity contribution in [2.75, 3.05) is 19.4 Å². The molecule has 2 aromatic rings. The van der Waals surface area contributed by atoms with Crippen LogP contribution in [0.25, 0.3) is 0 Å². The molecular weight excluding hydrogens is 366 g/mol. The van der Waals surface area contributed by atoms with E-state index < -0.39 is 15.8 Å². The van der Waals surface area contributed by atoms with E-state index in [1.54, 1.807) is 17.0 Å². The van der Waals surface area contributed by atoms with Gasteiger partial charge >= 0.3 is 5.97 Å². The molecule has 1 amide bonds. The van der Waals surface area contributed by atoms with Crippen molar-refractivity contribution in [2.45, 2.75) is 19.2 Å². The molecule has 0 radical (unpaired) electrons. The van der Waals surface area contributed by atoms with Crippen molar-refractivity contribution in [3.63, 3.8) is 0 Å². The number of carbonyl (C=O) groups is 2. The number of esters is 1. The summed E-state index contributed by atoms with van der Waals surface area (Å²) in [7, 11) is -3.14. The average molecular weight is 389 g/mol. The summed E-state index contributed by atoms with van der Waals surface area (Å²) in [6.45, 7) is 2.48. The van der Waals surface area contributed by atoms with E-state index in [0.717, 1.165) is 11.8 Å². The highest BCUT2D eigenvalue weighted by Gasteiger charge is 2.16. The zero-order chi connectivity index (χ0) is 19.9. The lowest BCUT2D eigenvalue weighted by atomic mass is 10.1. The lowest BCUT2D eigenvalue weighted by Gasteiger charge is -2.20. The summed E-state index contributed by atoms with van der Waals surface area (Å²) >= 11 is 0. The van der Waals surface area contributed by atoms with E-state index in [2.05, 4.69) is 0 Å². The first-order valence-electron chi connectivity index (χ1n) is 8.54. The standard InChI is InChI=1S/C20H23NO5S/c1-3-21(13-16-7-5-4-6-8-16)19(22)14-26-20(23)18-11-9-17(10-12-18)15-27(2,24)25/h4-12H,3,13-15H2,1-2H3. The van der Waals surface area contributed by atoms with Gasteiger partial charge in [0, 0.05) is 19.3 Å². The van der Waals surface area contributed by atoms with Gasteiger partial charge in [-0.3, -0.25) is 4.79 Å². The third-order valence-electron chi connectivity index (χ3n) is 3.90. The number of hydrogen-bond acceptors (Lipinski definition) is 5. The quantitative estimate of drug-likeness (QED) is 0.648. The molecule has 2 aromatic carbocycles. The van der Waals surface area contributed by atoms with Crippen molar-refractivity contribution in [3.05, 3.63) is 71.3 Å². The molecule has 2 rings (SSSR count). The SMILES string of the molecule is CCN(Cc1ccccc1)C(=O)COC(=O)c1ccc(CS(C)(=O)=O)cc1. The van der Waals surface area contributed by atoms with E-state index >= 15 is 0 Å². The monoisotopic (exact) mass is 389 g/mol. The normalized spacial score (nSPS) is 11.0. The summed E-state index contributed by atoms with van der Waals surface area (Å²) < 4.78 is 27.7. The Morgan fingerprint density at radius 3 is 2.15 bits per heavy atom. The molecule has 27 heavy (non-hydrogen) atoms. The third-order valence-corrected chi connectivity index (χ3v) is 4.75. The molecule has 144 valence electrons.